The largest absolute Gasteiger partial charge is 0.339 e. The molecule has 1 aromatic carbocycles. The predicted molar refractivity (Wildman–Crippen MR) is 69.0 cm³/mol. The van der Waals surface area contributed by atoms with E-state index in [-0.39, 0.29) is 17.8 Å². The second kappa shape index (κ2) is 4.74. The van der Waals surface area contributed by atoms with Gasteiger partial charge in [-0.1, -0.05) is 11.6 Å². The lowest BCUT2D eigenvalue weighted by Crippen LogP contribution is -2.22. The maximum absolute atomic E-state index is 13.4. The fourth-order valence-corrected chi connectivity index (χ4v) is 2.66. The van der Waals surface area contributed by atoms with Gasteiger partial charge in [0.2, 0.25) is 11.7 Å². The lowest BCUT2D eigenvalue weighted by Gasteiger charge is -2.08. The summed E-state index contributed by atoms with van der Waals surface area (Å²) in [5.41, 5.74) is 7.49. The molecule has 0 saturated heterocycles. The third kappa shape index (κ3) is 2.38. The summed E-state index contributed by atoms with van der Waals surface area (Å²) in [5.74, 6) is 0.841. The van der Waals surface area contributed by atoms with Crippen LogP contribution in [0.2, 0.25) is 0 Å². The van der Waals surface area contributed by atoms with Crippen molar-refractivity contribution in [3.8, 4) is 11.4 Å². The fourth-order valence-electron chi connectivity index (χ4n) is 2.66. The van der Waals surface area contributed by atoms with Crippen LogP contribution in [0.3, 0.4) is 0 Å². The normalized spacial score (nSPS) is 22.9. The van der Waals surface area contributed by atoms with Gasteiger partial charge in [0, 0.05) is 11.6 Å². The topological polar surface area (TPSA) is 64.9 Å². The first-order chi connectivity index (χ1) is 9.13. The summed E-state index contributed by atoms with van der Waals surface area (Å²) in [6.07, 6.45) is 3.05. The highest BCUT2D eigenvalue weighted by Gasteiger charge is 2.30. The Hall–Kier alpha value is -1.75. The van der Waals surface area contributed by atoms with Crippen LogP contribution in [0.5, 0.6) is 0 Å². The van der Waals surface area contributed by atoms with Crippen LogP contribution in [0, 0.1) is 12.7 Å². The molecule has 0 spiro atoms. The first kappa shape index (κ1) is 12.3. The Labute approximate surface area is 110 Å². The lowest BCUT2D eigenvalue weighted by molar-refractivity contribution is 0.345. The Bertz CT molecular complexity index is 576. The molecule has 1 fully saturated rings. The Balaban J connectivity index is 1.92. The standard InChI is InChI=1S/C14H16FN3O/c1-8-5-9(7-10(15)6-8)13-17-14(19-18-13)11-3-2-4-12(11)16/h5-7,11-12H,2-4,16H2,1H3. The second-order valence-electron chi connectivity index (χ2n) is 5.17. The molecule has 0 amide bonds. The summed E-state index contributed by atoms with van der Waals surface area (Å²) in [5, 5.41) is 3.94. The van der Waals surface area contributed by atoms with E-state index in [4.69, 9.17) is 10.3 Å². The first-order valence-corrected chi connectivity index (χ1v) is 6.50. The van der Waals surface area contributed by atoms with Gasteiger partial charge in [-0.2, -0.15) is 4.98 Å². The van der Waals surface area contributed by atoms with E-state index in [2.05, 4.69) is 10.1 Å². The van der Waals surface area contributed by atoms with E-state index in [1.807, 2.05) is 13.0 Å². The van der Waals surface area contributed by atoms with Crippen molar-refractivity contribution in [1.82, 2.24) is 10.1 Å². The van der Waals surface area contributed by atoms with Crippen LogP contribution >= 0.6 is 0 Å². The summed E-state index contributed by atoms with van der Waals surface area (Å²) in [6.45, 7) is 1.83. The van der Waals surface area contributed by atoms with Gasteiger partial charge in [0.25, 0.3) is 0 Å². The molecule has 100 valence electrons. The van der Waals surface area contributed by atoms with Crippen LogP contribution in [-0.2, 0) is 0 Å². The van der Waals surface area contributed by atoms with Crippen LogP contribution in [-0.4, -0.2) is 16.2 Å². The van der Waals surface area contributed by atoms with Gasteiger partial charge in [0.1, 0.15) is 5.82 Å². The van der Waals surface area contributed by atoms with E-state index < -0.39 is 0 Å². The summed E-state index contributed by atoms with van der Waals surface area (Å²) in [7, 11) is 0. The monoisotopic (exact) mass is 261 g/mol. The molecule has 1 aliphatic carbocycles. The second-order valence-corrected chi connectivity index (χ2v) is 5.17. The maximum atomic E-state index is 13.4. The Morgan fingerprint density at radius 2 is 2.16 bits per heavy atom. The highest BCUT2D eigenvalue weighted by Crippen LogP contribution is 2.33. The molecule has 2 unspecified atom stereocenters. The van der Waals surface area contributed by atoms with Gasteiger partial charge in [0.05, 0.1) is 5.92 Å². The minimum atomic E-state index is -0.293. The number of aromatic nitrogens is 2. The van der Waals surface area contributed by atoms with Gasteiger partial charge >= 0.3 is 0 Å². The molecule has 3 rings (SSSR count). The van der Waals surface area contributed by atoms with Crippen molar-refractivity contribution in [2.75, 3.05) is 0 Å². The van der Waals surface area contributed by atoms with E-state index in [9.17, 15) is 4.39 Å². The average Bonchev–Trinajstić information content (AvgIpc) is 2.95. The molecule has 1 aromatic heterocycles. The van der Waals surface area contributed by atoms with Crippen LogP contribution in [0.25, 0.3) is 11.4 Å². The van der Waals surface area contributed by atoms with Crippen molar-refractivity contribution >= 4 is 0 Å². The van der Waals surface area contributed by atoms with E-state index in [1.165, 1.54) is 12.1 Å². The molecule has 5 heteroatoms. The van der Waals surface area contributed by atoms with Crippen molar-refractivity contribution in [3.63, 3.8) is 0 Å². The average molecular weight is 261 g/mol. The highest BCUT2D eigenvalue weighted by atomic mass is 19.1. The minimum Gasteiger partial charge on any atom is -0.339 e. The molecular weight excluding hydrogens is 245 g/mol. The molecule has 0 bridgehead atoms. The summed E-state index contributed by atoms with van der Waals surface area (Å²) in [4.78, 5) is 4.37. The van der Waals surface area contributed by atoms with Gasteiger partial charge in [-0.25, -0.2) is 4.39 Å². The number of aryl methyl sites for hydroxylation is 1. The lowest BCUT2D eigenvalue weighted by atomic mass is 10.0. The quantitative estimate of drug-likeness (QED) is 0.902. The molecule has 4 nitrogen and oxygen atoms in total. The first-order valence-electron chi connectivity index (χ1n) is 6.50. The number of halogens is 1. The van der Waals surface area contributed by atoms with Gasteiger partial charge in [0.15, 0.2) is 0 Å². The molecule has 2 aromatic rings. The zero-order chi connectivity index (χ0) is 13.4. The Kier molecular flexibility index (Phi) is 3.06. The molecular formula is C14H16FN3O. The maximum Gasteiger partial charge on any atom is 0.231 e. The Morgan fingerprint density at radius 3 is 2.84 bits per heavy atom. The number of nitrogens with two attached hydrogens (primary N) is 1. The number of hydrogen-bond donors (Lipinski definition) is 1. The number of rotatable bonds is 2. The van der Waals surface area contributed by atoms with Crippen molar-refractivity contribution < 1.29 is 8.91 Å². The third-order valence-electron chi connectivity index (χ3n) is 3.63. The molecule has 1 saturated carbocycles. The van der Waals surface area contributed by atoms with Crippen molar-refractivity contribution in [1.29, 1.82) is 0 Å². The van der Waals surface area contributed by atoms with Gasteiger partial charge in [-0.15, -0.1) is 0 Å². The molecule has 1 heterocycles. The van der Waals surface area contributed by atoms with E-state index in [0.717, 1.165) is 24.8 Å². The van der Waals surface area contributed by atoms with Gasteiger partial charge in [-0.05, 0) is 43.5 Å². The SMILES string of the molecule is Cc1cc(F)cc(-c2noc(C3CCCC3N)n2)c1. The smallest absolute Gasteiger partial charge is 0.231 e. The fraction of sp³-hybridized carbons (Fsp3) is 0.429. The van der Waals surface area contributed by atoms with Crippen LogP contribution in [0.1, 0.15) is 36.6 Å². The molecule has 2 atom stereocenters. The summed E-state index contributed by atoms with van der Waals surface area (Å²) in [6, 6.07) is 4.81. The van der Waals surface area contributed by atoms with Crippen LogP contribution in [0.15, 0.2) is 22.7 Å². The summed E-state index contributed by atoms with van der Waals surface area (Å²) >= 11 is 0. The van der Waals surface area contributed by atoms with E-state index in [0.29, 0.717) is 17.3 Å². The van der Waals surface area contributed by atoms with Gasteiger partial charge < -0.3 is 10.3 Å². The molecule has 1 aliphatic rings. The highest BCUT2D eigenvalue weighted by molar-refractivity contribution is 5.55. The zero-order valence-corrected chi connectivity index (χ0v) is 10.8. The molecule has 0 radical (unpaired) electrons. The van der Waals surface area contributed by atoms with E-state index >= 15 is 0 Å². The van der Waals surface area contributed by atoms with Crippen LogP contribution in [0.4, 0.5) is 4.39 Å². The number of nitrogens with zero attached hydrogens (tertiary/aromatic N) is 2. The van der Waals surface area contributed by atoms with Crippen LogP contribution < -0.4 is 5.73 Å². The predicted octanol–water partition coefficient (Wildman–Crippen LogP) is 2.78. The molecule has 19 heavy (non-hydrogen) atoms. The van der Waals surface area contributed by atoms with E-state index in [1.54, 1.807) is 0 Å². The molecule has 0 aliphatic heterocycles. The minimum absolute atomic E-state index is 0.0857. The zero-order valence-electron chi connectivity index (χ0n) is 10.8. The number of benzene rings is 1. The van der Waals surface area contributed by atoms with Crippen molar-refractivity contribution in [3.05, 3.63) is 35.5 Å². The molecule has 2 N–H and O–H groups in total. The Morgan fingerprint density at radius 1 is 1.32 bits per heavy atom. The van der Waals surface area contributed by atoms with Gasteiger partial charge in [-0.3, -0.25) is 0 Å². The number of hydrogen-bond acceptors (Lipinski definition) is 4. The van der Waals surface area contributed by atoms with Crippen molar-refractivity contribution in [2.24, 2.45) is 5.73 Å². The third-order valence-corrected chi connectivity index (χ3v) is 3.63. The van der Waals surface area contributed by atoms with Crippen molar-refractivity contribution in [2.45, 2.75) is 38.1 Å². The summed E-state index contributed by atoms with van der Waals surface area (Å²) < 4.78 is 18.7.